The van der Waals surface area contributed by atoms with E-state index < -0.39 is 0 Å². The lowest BCUT2D eigenvalue weighted by molar-refractivity contribution is 0.490. The lowest BCUT2D eigenvalue weighted by atomic mass is 10.4. The zero-order valence-corrected chi connectivity index (χ0v) is 15.8. The molecule has 1 N–H and O–H groups in total. The molecule has 1 aromatic rings. The molecule has 1 fully saturated rings. The third kappa shape index (κ3) is 5.48. The molecule has 1 saturated heterocycles. The van der Waals surface area contributed by atoms with Gasteiger partial charge in [0.1, 0.15) is 0 Å². The van der Waals surface area contributed by atoms with Crippen LogP contribution in [0.4, 0.5) is 0 Å². The SMILES string of the molecule is CCNC(=NCCCn1nc(C)cc1C)N1CCCC1.I. The Morgan fingerprint density at radius 3 is 2.62 bits per heavy atom. The number of nitrogens with one attached hydrogen (secondary N) is 1. The van der Waals surface area contributed by atoms with Gasteiger partial charge in [-0.2, -0.15) is 5.10 Å². The minimum absolute atomic E-state index is 0. The third-order valence-corrected chi connectivity index (χ3v) is 3.63. The van der Waals surface area contributed by atoms with Crippen molar-refractivity contribution >= 4 is 29.9 Å². The van der Waals surface area contributed by atoms with E-state index in [1.54, 1.807) is 0 Å². The second-order valence-electron chi connectivity index (χ2n) is 5.43. The Kier molecular flexibility index (Phi) is 8.06. The molecule has 0 spiro atoms. The van der Waals surface area contributed by atoms with Crippen molar-refractivity contribution in [2.75, 3.05) is 26.2 Å². The van der Waals surface area contributed by atoms with Gasteiger partial charge >= 0.3 is 0 Å². The summed E-state index contributed by atoms with van der Waals surface area (Å²) < 4.78 is 2.08. The molecule has 0 aromatic carbocycles. The molecule has 1 aromatic heterocycles. The number of nitrogens with zero attached hydrogens (tertiary/aromatic N) is 4. The van der Waals surface area contributed by atoms with Crippen molar-refractivity contribution in [1.29, 1.82) is 0 Å². The van der Waals surface area contributed by atoms with Crippen LogP contribution in [0.2, 0.25) is 0 Å². The Labute approximate surface area is 145 Å². The number of likely N-dealkylation sites (tertiary alicyclic amines) is 1. The number of guanidine groups is 1. The predicted molar refractivity (Wildman–Crippen MR) is 98.5 cm³/mol. The summed E-state index contributed by atoms with van der Waals surface area (Å²) in [5.41, 5.74) is 2.33. The minimum atomic E-state index is 0. The molecule has 0 saturated carbocycles. The van der Waals surface area contributed by atoms with E-state index in [9.17, 15) is 0 Å². The second kappa shape index (κ2) is 9.27. The lowest BCUT2D eigenvalue weighted by Gasteiger charge is -2.20. The summed E-state index contributed by atoms with van der Waals surface area (Å²) in [5, 5.41) is 7.88. The molecule has 0 radical (unpaired) electrons. The topological polar surface area (TPSA) is 45.5 Å². The molecular formula is C15H28IN5. The van der Waals surface area contributed by atoms with Crippen molar-refractivity contribution in [2.45, 2.75) is 46.6 Å². The summed E-state index contributed by atoms with van der Waals surface area (Å²) in [7, 11) is 0. The number of rotatable bonds is 5. The highest BCUT2D eigenvalue weighted by Gasteiger charge is 2.15. The molecule has 120 valence electrons. The Hall–Kier alpha value is -0.790. The van der Waals surface area contributed by atoms with Crippen molar-refractivity contribution in [3.8, 4) is 0 Å². The molecule has 0 bridgehead atoms. The molecule has 1 aliphatic heterocycles. The van der Waals surface area contributed by atoms with Gasteiger partial charge in [-0.3, -0.25) is 9.67 Å². The summed E-state index contributed by atoms with van der Waals surface area (Å²) in [6.07, 6.45) is 3.61. The highest BCUT2D eigenvalue weighted by Crippen LogP contribution is 2.08. The lowest BCUT2D eigenvalue weighted by Crippen LogP contribution is -2.39. The van der Waals surface area contributed by atoms with Gasteiger partial charge in [0.25, 0.3) is 0 Å². The first kappa shape index (κ1) is 18.3. The van der Waals surface area contributed by atoms with E-state index >= 15 is 0 Å². The van der Waals surface area contributed by atoms with Gasteiger partial charge in [0.2, 0.25) is 0 Å². The zero-order valence-electron chi connectivity index (χ0n) is 13.4. The van der Waals surface area contributed by atoms with Gasteiger partial charge in [-0.1, -0.05) is 0 Å². The molecule has 1 aliphatic rings. The highest BCUT2D eigenvalue weighted by molar-refractivity contribution is 14.0. The molecule has 0 amide bonds. The Balaban J connectivity index is 0.00000220. The fraction of sp³-hybridized carbons (Fsp3) is 0.733. The monoisotopic (exact) mass is 405 g/mol. The van der Waals surface area contributed by atoms with Gasteiger partial charge in [-0.15, -0.1) is 24.0 Å². The standard InChI is InChI=1S/C15H27N5.HI/c1-4-16-15(19-9-5-6-10-19)17-8-7-11-20-14(3)12-13(2)18-20;/h12H,4-11H2,1-3H3,(H,16,17);1H. The largest absolute Gasteiger partial charge is 0.357 e. The van der Waals surface area contributed by atoms with Crippen molar-refractivity contribution in [1.82, 2.24) is 20.0 Å². The van der Waals surface area contributed by atoms with Crippen molar-refractivity contribution < 1.29 is 0 Å². The van der Waals surface area contributed by atoms with Gasteiger partial charge in [0.05, 0.1) is 5.69 Å². The van der Waals surface area contributed by atoms with Gasteiger partial charge in [-0.25, -0.2) is 0 Å². The van der Waals surface area contributed by atoms with Crippen LogP contribution in [0.3, 0.4) is 0 Å². The number of halogens is 1. The number of hydrogen-bond donors (Lipinski definition) is 1. The fourth-order valence-electron chi connectivity index (χ4n) is 2.66. The van der Waals surface area contributed by atoms with Gasteiger partial charge < -0.3 is 10.2 Å². The molecule has 5 nitrogen and oxygen atoms in total. The normalized spacial score (nSPS) is 15.2. The Bertz CT molecular complexity index is 449. The Morgan fingerprint density at radius 2 is 2.05 bits per heavy atom. The molecule has 0 unspecified atom stereocenters. The van der Waals surface area contributed by atoms with Crippen molar-refractivity contribution in [3.05, 3.63) is 17.5 Å². The van der Waals surface area contributed by atoms with Crippen molar-refractivity contribution in [3.63, 3.8) is 0 Å². The first-order valence-electron chi connectivity index (χ1n) is 7.75. The van der Waals surface area contributed by atoms with Crippen LogP contribution in [0.15, 0.2) is 11.1 Å². The van der Waals surface area contributed by atoms with Gasteiger partial charge in [0, 0.05) is 38.4 Å². The number of hydrogen-bond acceptors (Lipinski definition) is 2. The molecule has 2 rings (SSSR count). The summed E-state index contributed by atoms with van der Waals surface area (Å²) in [4.78, 5) is 7.11. The second-order valence-corrected chi connectivity index (χ2v) is 5.43. The number of aliphatic imine (C=N–C) groups is 1. The zero-order chi connectivity index (χ0) is 14.4. The van der Waals surface area contributed by atoms with Gasteiger partial charge in [0.15, 0.2) is 5.96 Å². The summed E-state index contributed by atoms with van der Waals surface area (Å²) in [5.74, 6) is 1.08. The average molecular weight is 405 g/mol. The van der Waals surface area contributed by atoms with Crippen LogP contribution in [0.1, 0.15) is 37.6 Å². The quantitative estimate of drug-likeness (QED) is 0.355. The maximum absolute atomic E-state index is 4.74. The smallest absolute Gasteiger partial charge is 0.193 e. The van der Waals surface area contributed by atoms with Crippen LogP contribution >= 0.6 is 24.0 Å². The fourth-order valence-corrected chi connectivity index (χ4v) is 2.66. The van der Waals surface area contributed by atoms with E-state index in [2.05, 4.69) is 39.9 Å². The van der Waals surface area contributed by atoms with E-state index in [-0.39, 0.29) is 24.0 Å². The molecule has 0 atom stereocenters. The summed E-state index contributed by atoms with van der Waals surface area (Å²) in [6, 6.07) is 2.12. The summed E-state index contributed by atoms with van der Waals surface area (Å²) in [6.45, 7) is 11.3. The molecule has 0 aliphatic carbocycles. The van der Waals surface area contributed by atoms with Gasteiger partial charge in [-0.05, 0) is 46.1 Å². The van der Waals surface area contributed by atoms with E-state index in [4.69, 9.17) is 4.99 Å². The van der Waals surface area contributed by atoms with Crippen LogP contribution in [0.25, 0.3) is 0 Å². The van der Waals surface area contributed by atoms with Crippen LogP contribution in [-0.4, -0.2) is 46.8 Å². The van der Waals surface area contributed by atoms with E-state index in [1.165, 1.54) is 18.5 Å². The first-order valence-corrected chi connectivity index (χ1v) is 7.75. The third-order valence-electron chi connectivity index (χ3n) is 3.63. The number of aryl methyl sites for hydroxylation is 3. The first-order chi connectivity index (χ1) is 9.70. The molecule has 2 heterocycles. The summed E-state index contributed by atoms with van der Waals surface area (Å²) >= 11 is 0. The molecule has 6 heteroatoms. The van der Waals surface area contributed by atoms with E-state index in [0.29, 0.717) is 0 Å². The average Bonchev–Trinajstić information content (AvgIpc) is 3.03. The van der Waals surface area contributed by atoms with Crippen molar-refractivity contribution in [2.24, 2.45) is 4.99 Å². The Morgan fingerprint density at radius 1 is 1.33 bits per heavy atom. The number of aromatic nitrogens is 2. The van der Waals surface area contributed by atoms with Crippen LogP contribution in [0, 0.1) is 13.8 Å². The maximum Gasteiger partial charge on any atom is 0.193 e. The van der Waals surface area contributed by atoms with Crippen LogP contribution in [-0.2, 0) is 6.54 Å². The predicted octanol–water partition coefficient (Wildman–Crippen LogP) is 2.57. The van der Waals surface area contributed by atoms with E-state index in [0.717, 1.165) is 50.8 Å². The molecule has 21 heavy (non-hydrogen) atoms. The minimum Gasteiger partial charge on any atom is -0.357 e. The van der Waals surface area contributed by atoms with Crippen LogP contribution in [0.5, 0.6) is 0 Å². The molecular weight excluding hydrogens is 377 g/mol. The highest BCUT2D eigenvalue weighted by atomic mass is 127. The maximum atomic E-state index is 4.74. The van der Waals surface area contributed by atoms with Crippen LogP contribution < -0.4 is 5.32 Å². The van der Waals surface area contributed by atoms with E-state index in [1.807, 2.05) is 6.92 Å².